The number of aryl methyl sites for hydroxylation is 1. The quantitative estimate of drug-likeness (QED) is 0.547. The summed E-state index contributed by atoms with van der Waals surface area (Å²) in [6.45, 7) is 6.45. The molecule has 0 bridgehead atoms. The molecule has 1 amide bonds. The molecule has 0 aliphatic carbocycles. The number of nitrogens with zero attached hydrogens (tertiary/aromatic N) is 3. The first-order valence-corrected chi connectivity index (χ1v) is 10.2. The highest BCUT2D eigenvalue weighted by Gasteiger charge is 2.21. The van der Waals surface area contributed by atoms with Crippen molar-refractivity contribution in [1.82, 2.24) is 14.8 Å². The van der Waals surface area contributed by atoms with E-state index < -0.39 is 22.8 Å². The molecule has 1 aromatic heterocycles. The van der Waals surface area contributed by atoms with Crippen LogP contribution in [0.3, 0.4) is 0 Å². The Kier molecular flexibility index (Phi) is 6.64. The maximum absolute atomic E-state index is 13.8. The number of rotatable bonds is 7. The number of hydrogen-bond acceptors (Lipinski definition) is 4. The van der Waals surface area contributed by atoms with Crippen LogP contribution in [0.15, 0.2) is 47.6 Å². The van der Waals surface area contributed by atoms with Crippen LogP contribution in [-0.4, -0.2) is 25.9 Å². The molecule has 29 heavy (non-hydrogen) atoms. The van der Waals surface area contributed by atoms with Gasteiger partial charge in [-0.1, -0.05) is 42.4 Å². The Morgan fingerprint density at radius 3 is 2.72 bits per heavy atom. The molecule has 152 valence electrons. The van der Waals surface area contributed by atoms with E-state index in [1.807, 2.05) is 35.8 Å². The van der Waals surface area contributed by atoms with E-state index >= 15 is 0 Å². The number of amides is 1. The third-order valence-corrected chi connectivity index (χ3v) is 5.36. The lowest BCUT2D eigenvalue weighted by molar-refractivity contribution is -0.115. The minimum absolute atomic E-state index is 0.182. The number of thioether (sulfide) groups is 1. The van der Waals surface area contributed by atoms with Crippen LogP contribution < -0.4 is 5.32 Å². The van der Waals surface area contributed by atoms with E-state index in [2.05, 4.69) is 22.4 Å². The zero-order valence-electron chi connectivity index (χ0n) is 16.4. The number of anilines is 1. The summed E-state index contributed by atoms with van der Waals surface area (Å²) in [5.41, 5.74) is 1.89. The second kappa shape index (κ2) is 9.17. The van der Waals surface area contributed by atoms with Crippen LogP contribution in [0.25, 0.3) is 11.4 Å². The monoisotopic (exact) mass is 416 g/mol. The van der Waals surface area contributed by atoms with E-state index in [0.29, 0.717) is 11.7 Å². The summed E-state index contributed by atoms with van der Waals surface area (Å²) < 4.78 is 29.1. The number of nitrogens with one attached hydrogen (secondary N) is 1. The maximum Gasteiger partial charge on any atom is 0.237 e. The molecule has 0 saturated carbocycles. The summed E-state index contributed by atoms with van der Waals surface area (Å²) in [7, 11) is 0. The molecule has 0 aliphatic rings. The number of carbonyl (C=O) groups is 1. The molecule has 0 saturated heterocycles. The van der Waals surface area contributed by atoms with Gasteiger partial charge in [-0.3, -0.25) is 4.79 Å². The molecule has 0 unspecified atom stereocenters. The van der Waals surface area contributed by atoms with Gasteiger partial charge in [0.2, 0.25) is 5.91 Å². The third kappa shape index (κ3) is 5.00. The largest absolute Gasteiger partial charge is 0.323 e. The first-order valence-electron chi connectivity index (χ1n) is 9.32. The van der Waals surface area contributed by atoms with Crippen LogP contribution in [0, 0.1) is 18.6 Å². The molecule has 1 atom stereocenters. The molecular weight excluding hydrogens is 394 g/mol. The summed E-state index contributed by atoms with van der Waals surface area (Å²) in [5.74, 6) is -1.01. The van der Waals surface area contributed by atoms with Crippen molar-refractivity contribution < 1.29 is 13.6 Å². The minimum atomic E-state index is -0.687. The van der Waals surface area contributed by atoms with E-state index in [9.17, 15) is 13.6 Å². The lowest BCUT2D eigenvalue weighted by Crippen LogP contribution is -2.23. The fraction of sp³-hybridized carbons (Fsp3) is 0.286. The van der Waals surface area contributed by atoms with E-state index in [4.69, 9.17) is 0 Å². The Labute approximate surface area is 172 Å². The van der Waals surface area contributed by atoms with Crippen molar-refractivity contribution in [1.29, 1.82) is 0 Å². The SMILES string of the molecule is CCCn1c(S[C@H](C)C(=O)Nc2cc(F)ccc2F)nnc1-c1cccc(C)c1. The van der Waals surface area contributed by atoms with Gasteiger partial charge in [0, 0.05) is 18.2 Å². The highest BCUT2D eigenvalue weighted by Crippen LogP contribution is 2.28. The maximum atomic E-state index is 13.8. The fourth-order valence-corrected chi connectivity index (χ4v) is 3.71. The van der Waals surface area contributed by atoms with Crippen molar-refractivity contribution in [2.24, 2.45) is 0 Å². The minimum Gasteiger partial charge on any atom is -0.323 e. The second-order valence-corrected chi connectivity index (χ2v) is 8.01. The number of carbonyl (C=O) groups excluding carboxylic acids is 1. The van der Waals surface area contributed by atoms with Crippen molar-refractivity contribution in [2.45, 2.75) is 44.1 Å². The summed E-state index contributed by atoms with van der Waals surface area (Å²) in [6, 6.07) is 10.9. The first-order chi connectivity index (χ1) is 13.9. The van der Waals surface area contributed by atoms with Crippen molar-refractivity contribution in [2.75, 3.05) is 5.32 Å². The van der Waals surface area contributed by atoms with Crippen molar-refractivity contribution in [3.05, 3.63) is 59.7 Å². The fourth-order valence-electron chi connectivity index (χ4n) is 2.84. The molecule has 0 fully saturated rings. The molecule has 5 nitrogen and oxygen atoms in total. The van der Waals surface area contributed by atoms with Crippen molar-refractivity contribution >= 4 is 23.4 Å². The van der Waals surface area contributed by atoms with Gasteiger partial charge >= 0.3 is 0 Å². The second-order valence-electron chi connectivity index (χ2n) is 6.70. The summed E-state index contributed by atoms with van der Waals surface area (Å²) in [4.78, 5) is 12.5. The third-order valence-electron chi connectivity index (χ3n) is 4.28. The Morgan fingerprint density at radius 2 is 2.00 bits per heavy atom. The predicted molar refractivity (Wildman–Crippen MR) is 111 cm³/mol. The van der Waals surface area contributed by atoms with Gasteiger partial charge in [-0.05, 0) is 38.5 Å². The Bertz CT molecular complexity index is 1020. The highest BCUT2D eigenvalue weighted by molar-refractivity contribution is 8.00. The zero-order chi connectivity index (χ0) is 21.0. The van der Waals surface area contributed by atoms with E-state index in [-0.39, 0.29) is 5.69 Å². The molecule has 3 aromatic rings. The van der Waals surface area contributed by atoms with Gasteiger partial charge in [0.15, 0.2) is 11.0 Å². The summed E-state index contributed by atoms with van der Waals surface area (Å²) >= 11 is 1.23. The Balaban J connectivity index is 1.80. The van der Waals surface area contributed by atoms with Gasteiger partial charge in [0.05, 0.1) is 10.9 Å². The van der Waals surface area contributed by atoms with E-state index in [0.717, 1.165) is 41.6 Å². The number of benzene rings is 2. The molecule has 0 spiro atoms. The van der Waals surface area contributed by atoms with Gasteiger partial charge in [0.1, 0.15) is 11.6 Å². The lowest BCUT2D eigenvalue weighted by atomic mass is 10.1. The standard InChI is InChI=1S/C21H22F2N4OS/c1-4-10-27-19(15-7-5-6-13(2)11-15)25-26-21(27)29-14(3)20(28)24-18-12-16(22)8-9-17(18)23/h5-9,11-12,14H,4,10H2,1-3H3,(H,24,28)/t14-/m1/s1. The number of hydrogen-bond donors (Lipinski definition) is 1. The number of halogens is 2. The normalized spacial score (nSPS) is 12.0. The predicted octanol–water partition coefficient (Wildman–Crippen LogP) is 5.06. The molecule has 0 radical (unpaired) electrons. The molecule has 8 heteroatoms. The molecule has 0 aliphatic heterocycles. The molecular formula is C21H22F2N4OS. The van der Waals surface area contributed by atoms with Gasteiger partial charge in [-0.2, -0.15) is 0 Å². The van der Waals surface area contributed by atoms with E-state index in [1.54, 1.807) is 6.92 Å². The Morgan fingerprint density at radius 1 is 1.21 bits per heavy atom. The Hall–Kier alpha value is -2.74. The zero-order valence-corrected chi connectivity index (χ0v) is 17.3. The lowest BCUT2D eigenvalue weighted by Gasteiger charge is -2.14. The average Bonchev–Trinajstić information content (AvgIpc) is 3.07. The average molecular weight is 416 g/mol. The van der Waals surface area contributed by atoms with Gasteiger partial charge in [-0.25, -0.2) is 8.78 Å². The van der Waals surface area contributed by atoms with Crippen LogP contribution in [0.4, 0.5) is 14.5 Å². The summed E-state index contributed by atoms with van der Waals surface area (Å²) in [5, 5.41) is 11.0. The van der Waals surface area contributed by atoms with Gasteiger partial charge < -0.3 is 9.88 Å². The van der Waals surface area contributed by atoms with Crippen LogP contribution in [0.2, 0.25) is 0 Å². The molecule has 1 N–H and O–H groups in total. The highest BCUT2D eigenvalue weighted by atomic mass is 32.2. The number of aromatic nitrogens is 3. The first kappa shape index (κ1) is 21.0. The molecule has 3 rings (SSSR count). The van der Waals surface area contributed by atoms with Gasteiger partial charge in [0.25, 0.3) is 0 Å². The summed E-state index contributed by atoms with van der Waals surface area (Å²) in [6.07, 6.45) is 0.875. The van der Waals surface area contributed by atoms with Gasteiger partial charge in [-0.15, -0.1) is 10.2 Å². The van der Waals surface area contributed by atoms with E-state index in [1.165, 1.54) is 11.8 Å². The van der Waals surface area contributed by atoms with Crippen LogP contribution in [0.5, 0.6) is 0 Å². The van der Waals surface area contributed by atoms with Crippen LogP contribution >= 0.6 is 11.8 Å². The van der Waals surface area contributed by atoms with Crippen molar-refractivity contribution in [3.8, 4) is 11.4 Å². The van der Waals surface area contributed by atoms with Crippen molar-refractivity contribution in [3.63, 3.8) is 0 Å². The molecule has 1 heterocycles. The van der Waals surface area contributed by atoms with Crippen LogP contribution in [0.1, 0.15) is 25.8 Å². The smallest absolute Gasteiger partial charge is 0.237 e. The van der Waals surface area contributed by atoms with Crippen LogP contribution in [-0.2, 0) is 11.3 Å². The topological polar surface area (TPSA) is 59.8 Å². The molecule has 2 aromatic carbocycles.